The molecule has 0 aliphatic carbocycles. The molecule has 2 aromatic heterocycles. The van der Waals surface area contributed by atoms with Crippen LogP contribution < -0.4 is 0 Å². The number of rotatable bonds is 2. The summed E-state index contributed by atoms with van der Waals surface area (Å²) in [6.07, 6.45) is 2.68. The van der Waals surface area contributed by atoms with E-state index in [9.17, 15) is 4.39 Å². The van der Waals surface area contributed by atoms with E-state index in [0.717, 1.165) is 38.7 Å². The van der Waals surface area contributed by atoms with Gasteiger partial charge in [-0.2, -0.15) is 0 Å². The van der Waals surface area contributed by atoms with Gasteiger partial charge in [0.05, 0.1) is 15.9 Å². The fraction of sp³-hybridized carbons (Fsp3) is 0.310. The van der Waals surface area contributed by atoms with E-state index in [4.69, 9.17) is 4.98 Å². The van der Waals surface area contributed by atoms with Crippen molar-refractivity contribution in [3.8, 4) is 11.3 Å². The van der Waals surface area contributed by atoms with Crippen LogP contribution in [0.15, 0.2) is 54.9 Å². The summed E-state index contributed by atoms with van der Waals surface area (Å²) in [4.78, 5) is 9.36. The van der Waals surface area contributed by atoms with Crippen molar-refractivity contribution in [3.63, 3.8) is 0 Å². The van der Waals surface area contributed by atoms with E-state index in [-0.39, 0.29) is 16.6 Å². The molecule has 0 bridgehead atoms. The van der Waals surface area contributed by atoms with Crippen molar-refractivity contribution in [2.24, 2.45) is 5.41 Å². The number of nitrogens with zero attached hydrogens (tertiary/aromatic N) is 2. The number of thiophene rings is 1. The fourth-order valence-corrected chi connectivity index (χ4v) is 5.88. The van der Waals surface area contributed by atoms with E-state index in [1.165, 1.54) is 21.2 Å². The van der Waals surface area contributed by atoms with Crippen molar-refractivity contribution in [2.45, 2.75) is 53.4 Å². The third kappa shape index (κ3) is 4.13. The molecule has 0 unspecified atom stereocenters. The third-order valence-electron chi connectivity index (χ3n) is 6.05. The van der Waals surface area contributed by atoms with Crippen LogP contribution in [0.25, 0.3) is 42.3 Å². The van der Waals surface area contributed by atoms with E-state index in [0.29, 0.717) is 0 Å². The molecule has 5 aromatic rings. The Morgan fingerprint density at radius 3 is 2.33 bits per heavy atom. The Kier molecular flexibility index (Phi) is 5.06. The highest BCUT2D eigenvalue weighted by Crippen LogP contribution is 2.41. The first-order valence-electron chi connectivity index (χ1n) is 11.4. The van der Waals surface area contributed by atoms with Crippen LogP contribution in [0, 0.1) is 11.2 Å². The molecular formula is C29H29FN2S. The van der Waals surface area contributed by atoms with Crippen molar-refractivity contribution < 1.29 is 4.39 Å². The van der Waals surface area contributed by atoms with Gasteiger partial charge in [-0.25, -0.2) is 14.4 Å². The minimum atomic E-state index is -0.222. The molecule has 0 spiro atoms. The summed E-state index contributed by atoms with van der Waals surface area (Å²) in [6.45, 7) is 13.4. The van der Waals surface area contributed by atoms with Crippen molar-refractivity contribution in [1.82, 2.24) is 9.97 Å². The molecule has 0 aliphatic heterocycles. The molecule has 0 amide bonds. The van der Waals surface area contributed by atoms with Crippen LogP contribution in [0.1, 0.15) is 52.7 Å². The standard InChI is InChI=1S/C29H29FN2S/c1-28(2,3)15-17-7-9-22-24(11-17)33-27-25(31-16-32-26(22)27)19-12-18-13-20(30)8-10-21(18)23(14-19)29(4,5)6/h7-14,16H,15H2,1-6H3. The van der Waals surface area contributed by atoms with Gasteiger partial charge >= 0.3 is 0 Å². The smallest absolute Gasteiger partial charge is 0.123 e. The van der Waals surface area contributed by atoms with Gasteiger partial charge in [0.2, 0.25) is 0 Å². The summed E-state index contributed by atoms with van der Waals surface area (Å²) in [5.41, 5.74) is 5.59. The first kappa shape index (κ1) is 22.0. The zero-order valence-electron chi connectivity index (χ0n) is 20.1. The molecule has 4 heteroatoms. The molecule has 0 saturated heterocycles. The maximum atomic E-state index is 14.1. The lowest BCUT2D eigenvalue weighted by atomic mass is 9.82. The van der Waals surface area contributed by atoms with E-state index in [1.807, 2.05) is 6.07 Å². The second-order valence-electron chi connectivity index (χ2n) is 11.2. The molecule has 0 radical (unpaired) electrons. The third-order valence-corrected chi connectivity index (χ3v) is 7.20. The minimum Gasteiger partial charge on any atom is -0.235 e. The quantitative estimate of drug-likeness (QED) is 0.265. The normalized spacial score (nSPS) is 12.8. The summed E-state index contributed by atoms with van der Waals surface area (Å²) in [5.74, 6) is -0.222. The Labute approximate surface area is 198 Å². The highest BCUT2D eigenvalue weighted by molar-refractivity contribution is 7.26. The second-order valence-corrected chi connectivity index (χ2v) is 12.3. The van der Waals surface area contributed by atoms with Gasteiger partial charge in [0.15, 0.2) is 0 Å². The molecule has 2 nitrogen and oxygen atoms in total. The summed E-state index contributed by atoms with van der Waals surface area (Å²) in [6, 6.07) is 16.0. The maximum Gasteiger partial charge on any atom is 0.123 e. The lowest BCUT2D eigenvalue weighted by molar-refractivity contribution is 0.411. The number of hydrogen-bond donors (Lipinski definition) is 0. The van der Waals surface area contributed by atoms with Gasteiger partial charge in [0.25, 0.3) is 0 Å². The van der Waals surface area contributed by atoms with Crippen LogP contribution in [-0.2, 0) is 11.8 Å². The topological polar surface area (TPSA) is 25.8 Å². The molecule has 33 heavy (non-hydrogen) atoms. The van der Waals surface area contributed by atoms with Crippen molar-refractivity contribution >= 4 is 42.4 Å². The number of fused-ring (bicyclic) bond motifs is 4. The number of benzene rings is 3. The molecule has 3 aromatic carbocycles. The van der Waals surface area contributed by atoms with Crippen LogP contribution in [0.3, 0.4) is 0 Å². The van der Waals surface area contributed by atoms with Gasteiger partial charge < -0.3 is 0 Å². The molecule has 0 aliphatic rings. The summed E-state index contributed by atoms with van der Waals surface area (Å²) in [5, 5.41) is 3.15. The zero-order chi connectivity index (χ0) is 23.5. The molecular weight excluding hydrogens is 427 g/mol. The van der Waals surface area contributed by atoms with Crippen LogP contribution in [-0.4, -0.2) is 9.97 Å². The molecule has 0 fully saturated rings. The van der Waals surface area contributed by atoms with Gasteiger partial charge in [-0.15, -0.1) is 11.3 Å². The molecule has 2 heterocycles. The van der Waals surface area contributed by atoms with Crippen LogP contribution >= 0.6 is 11.3 Å². The summed E-state index contributed by atoms with van der Waals surface area (Å²) >= 11 is 1.75. The Morgan fingerprint density at radius 1 is 0.848 bits per heavy atom. The summed E-state index contributed by atoms with van der Waals surface area (Å²) < 4.78 is 16.4. The SMILES string of the molecule is CC(C)(C)Cc1ccc2c(c1)sc1c(-c3cc(C(C)(C)C)c4ccc(F)cc4c3)ncnc12. The Morgan fingerprint density at radius 2 is 1.61 bits per heavy atom. The Bertz CT molecular complexity index is 1520. The Balaban J connectivity index is 1.75. The predicted octanol–water partition coefficient (Wildman–Crippen LogP) is 8.69. The van der Waals surface area contributed by atoms with Gasteiger partial charge in [0.1, 0.15) is 12.1 Å². The number of hydrogen-bond acceptors (Lipinski definition) is 3. The average Bonchev–Trinajstić information content (AvgIpc) is 3.08. The number of halogens is 1. The lowest BCUT2D eigenvalue weighted by Crippen LogP contribution is -2.12. The monoisotopic (exact) mass is 456 g/mol. The van der Waals surface area contributed by atoms with E-state index in [1.54, 1.807) is 29.8 Å². The van der Waals surface area contributed by atoms with Gasteiger partial charge in [-0.1, -0.05) is 59.7 Å². The van der Waals surface area contributed by atoms with Gasteiger partial charge in [-0.3, -0.25) is 0 Å². The summed E-state index contributed by atoms with van der Waals surface area (Å²) in [7, 11) is 0. The minimum absolute atomic E-state index is 0.0831. The van der Waals surface area contributed by atoms with Gasteiger partial charge in [-0.05, 0) is 69.5 Å². The van der Waals surface area contributed by atoms with E-state index >= 15 is 0 Å². The molecule has 0 saturated carbocycles. The maximum absolute atomic E-state index is 14.1. The molecule has 5 rings (SSSR count). The number of aromatic nitrogens is 2. The van der Waals surface area contributed by atoms with Crippen LogP contribution in [0.4, 0.5) is 4.39 Å². The van der Waals surface area contributed by atoms with Crippen LogP contribution in [0.5, 0.6) is 0 Å². The highest BCUT2D eigenvalue weighted by Gasteiger charge is 2.21. The zero-order valence-corrected chi connectivity index (χ0v) is 20.9. The highest BCUT2D eigenvalue weighted by atomic mass is 32.1. The largest absolute Gasteiger partial charge is 0.235 e. The second kappa shape index (κ2) is 7.59. The van der Waals surface area contributed by atoms with Gasteiger partial charge in [0, 0.05) is 15.6 Å². The van der Waals surface area contributed by atoms with E-state index < -0.39 is 0 Å². The average molecular weight is 457 g/mol. The van der Waals surface area contributed by atoms with E-state index in [2.05, 4.69) is 76.9 Å². The first-order chi connectivity index (χ1) is 15.5. The van der Waals surface area contributed by atoms with Crippen LogP contribution in [0.2, 0.25) is 0 Å². The van der Waals surface area contributed by atoms with Crippen molar-refractivity contribution in [2.75, 3.05) is 0 Å². The first-order valence-corrected chi connectivity index (χ1v) is 12.2. The molecule has 0 N–H and O–H groups in total. The Hall–Kier alpha value is -2.85. The van der Waals surface area contributed by atoms with Crippen molar-refractivity contribution in [3.05, 3.63) is 71.8 Å². The lowest BCUT2D eigenvalue weighted by Gasteiger charge is -2.22. The molecule has 0 atom stereocenters. The van der Waals surface area contributed by atoms with Crippen molar-refractivity contribution in [1.29, 1.82) is 0 Å². The predicted molar refractivity (Wildman–Crippen MR) is 140 cm³/mol. The molecule has 168 valence electrons. The fourth-order valence-electron chi connectivity index (χ4n) is 4.64.